The molecule has 0 aliphatic heterocycles. The maximum Gasteiger partial charge on any atom is 0.141 e. The summed E-state index contributed by atoms with van der Waals surface area (Å²) in [5, 5.41) is 0. The summed E-state index contributed by atoms with van der Waals surface area (Å²) in [5.74, 6) is 1.99. The Bertz CT molecular complexity index is 842. The summed E-state index contributed by atoms with van der Waals surface area (Å²) < 4.78 is 5.58. The number of likely N-dealkylation sites (N-methyl/N-ethyl adjacent to an activating group) is 1. The van der Waals surface area contributed by atoms with Crippen molar-refractivity contribution in [1.29, 1.82) is 0 Å². The lowest BCUT2D eigenvalue weighted by atomic mass is 9.82. The molecule has 0 saturated heterocycles. The van der Waals surface area contributed by atoms with E-state index in [1.165, 1.54) is 40.7 Å². The summed E-state index contributed by atoms with van der Waals surface area (Å²) in [6.45, 7) is 2.13. The SMILES string of the molecule is COc1cccc2c1CCCC2CN(C)CCc1ccc2c(c1)CC(=O)C2. The van der Waals surface area contributed by atoms with E-state index in [1.807, 2.05) is 0 Å². The predicted molar refractivity (Wildman–Crippen MR) is 109 cm³/mol. The summed E-state index contributed by atoms with van der Waals surface area (Å²) in [7, 11) is 4.00. The second-order valence-electron chi connectivity index (χ2n) is 8.12. The fraction of sp³-hybridized carbons (Fsp3) is 0.458. The van der Waals surface area contributed by atoms with E-state index in [9.17, 15) is 4.79 Å². The molecule has 3 heteroatoms. The first kappa shape index (κ1) is 18.2. The van der Waals surface area contributed by atoms with Gasteiger partial charge >= 0.3 is 0 Å². The second-order valence-corrected chi connectivity index (χ2v) is 8.12. The van der Waals surface area contributed by atoms with Crippen molar-refractivity contribution in [3.63, 3.8) is 0 Å². The summed E-state index contributed by atoms with van der Waals surface area (Å²) in [4.78, 5) is 14.1. The molecule has 2 aliphatic carbocycles. The molecule has 3 nitrogen and oxygen atoms in total. The van der Waals surface area contributed by atoms with Gasteiger partial charge in [0.1, 0.15) is 11.5 Å². The number of Topliss-reactive ketones (excluding diaryl/α,β-unsaturated/α-hetero) is 1. The van der Waals surface area contributed by atoms with Crippen LogP contribution < -0.4 is 4.74 Å². The first-order chi connectivity index (χ1) is 13.1. The molecule has 0 aromatic heterocycles. The van der Waals surface area contributed by atoms with Gasteiger partial charge in [0.2, 0.25) is 0 Å². The monoisotopic (exact) mass is 363 g/mol. The van der Waals surface area contributed by atoms with Crippen LogP contribution in [0.15, 0.2) is 36.4 Å². The van der Waals surface area contributed by atoms with E-state index >= 15 is 0 Å². The minimum atomic E-state index is 0.352. The van der Waals surface area contributed by atoms with Crippen LogP contribution in [0.4, 0.5) is 0 Å². The first-order valence-electron chi connectivity index (χ1n) is 10.1. The Labute approximate surface area is 162 Å². The highest BCUT2D eigenvalue weighted by Gasteiger charge is 2.24. The average molecular weight is 364 g/mol. The van der Waals surface area contributed by atoms with E-state index in [0.29, 0.717) is 24.5 Å². The number of benzene rings is 2. The molecule has 0 saturated carbocycles. The Morgan fingerprint density at radius 3 is 2.85 bits per heavy atom. The van der Waals surface area contributed by atoms with Crippen LogP contribution in [0.5, 0.6) is 5.75 Å². The number of nitrogens with zero attached hydrogens (tertiary/aromatic N) is 1. The Hall–Kier alpha value is -2.13. The highest BCUT2D eigenvalue weighted by molar-refractivity contribution is 5.87. The van der Waals surface area contributed by atoms with Gasteiger partial charge in [0, 0.05) is 25.9 Å². The highest BCUT2D eigenvalue weighted by Crippen LogP contribution is 2.36. The zero-order valence-corrected chi connectivity index (χ0v) is 16.5. The maximum atomic E-state index is 11.6. The van der Waals surface area contributed by atoms with Crippen LogP contribution in [-0.4, -0.2) is 37.9 Å². The Morgan fingerprint density at radius 2 is 2.00 bits per heavy atom. The standard InChI is InChI=1S/C24H29NO2/c1-25(12-11-17-9-10-18-14-21(26)15-20(18)13-17)16-19-5-3-7-23-22(19)6-4-8-24(23)27-2/h4,6,8-10,13,19H,3,5,7,11-12,14-16H2,1-2H3. The van der Waals surface area contributed by atoms with E-state index in [4.69, 9.17) is 4.74 Å². The van der Waals surface area contributed by atoms with Gasteiger partial charge in [-0.2, -0.15) is 0 Å². The maximum absolute atomic E-state index is 11.6. The largest absolute Gasteiger partial charge is 0.496 e. The highest BCUT2D eigenvalue weighted by atomic mass is 16.5. The molecule has 0 N–H and O–H groups in total. The van der Waals surface area contributed by atoms with E-state index in [-0.39, 0.29) is 0 Å². The molecule has 0 fully saturated rings. The summed E-state index contributed by atoms with van der Waals surface area (Å²) in [5.41, 5.74) is 6.70. The van der Waals surface area contributed by atoms with Gasteiger partial charge in [-0.15, -0.1) is 0 Å². The average Bonchev–Trinajstić information content (AvgIpc) is 3.05. The van der Waals surface area contributed by atoms with Crippen molar-refractivity contribution in [2.75, 3.05) is 27.2 Å². The van der Waals surface area contributed by atoms with Gasteiger partial charge in [-0.3, -0.25) is 4.79 Å². The van der Waals surface area contributed by atoms with Crippen LogP contribution in [0.1, 0.15) is 46.6 Å². The lowest BCUT2D eigenvalue weighted by Crippen LogP contribution is -2.28. The number of hydrogen-bond donors (Lipinski definition) is 0. The van der Waals surface area contributed by atoms with Crippen molar-refractivity contribution in [2.45, 2.75) is 44.4 Å². The number of fused-ring (bicyclic) bond motifs is 2. The molecule has 0 spiro atoms. The van der Waals surface area contributed by atoms with Gasteiger partial charge in [-0.05, 0) is 72.5 Å². The van der Waals surface area contributed by atoms with Crippen molar-refractivity contribution >= 4 is 5.78 Å². The van der Waals surface area contributed by atoms with E-state index in [1.54, 1.807) is 7.11 Å². The molecular weight excluding hydrogens is 334 g/mol. The molecule has 0 amide bonds. The predicted octanol–water partition coefficient (Wildman–Crippen LogP) is 3.96. The fourth-order valence-electron chi connectivity index (χ4n) is 4.74. The molecule has 2 aromatic rings. The normalized spacial score (nSPS) is 18.5. The van der Waals surface area contributed by atoms with Crippen LogP contribution in [0.3, 0.4) is 0 Å². The number of carbonyl (C=O) groups is 1. The van der Waals surface area contributed by atoms with Crippen LogP contribution in [0, 0.1) is 0 Å². The van der Waals surface area contributed by atoms with Crippen molar-refractivity contribution in [2.24, 2.45) is 0 Å². The summed E-state index contributed by atoms with van der Waals surface area (Å²) in [6, 6.07) is 13.1. The first-order valence-corrected chi connectivity index (χ1v) is 10.1. The van der Waals surface area contributed by atoms with Gasteiger partial charge < -0.3 is 9.64 Å². The van der Waals surface area contributed by atoms with E-state index in [2.05, 4.69) is 48.3 Å². The van der Waals surface area contributed by atoms with Gasteiger partial charge in [0.25, 0.3) is 0 Å². The van der Waals surface area contributed by atoms with Crippen LogP contribution >= 0.6 is 0 Å². The molecular formula is C24H29NO2. The molecule has 142 valence electrons. The quantitative estimate of drug-likeness (QED) is 0.778. The molecule has 1 atom stereocenters. The molecule has 0 radical (unpaired) electrons. The van der Waals surface area contributed by atoms with E-state index in [0.717, 1.165) is 31.7 Å². The minimum absolute atomic E-state index is 0.352. The van der Waals surface area contributed by atoms with Crippen molar-refractivity contribution in [1.82, 2.24) is 4.90 Å². The van der Waals surface area contributed by atoms with Gasteiger partial charge in [0.15, 0.2) is 0 Å². The third-order valence-electron chi connectivity index (χ3n) is 6.17. The van der Waals surface area contributed by atoms with Crippen LogP contribution in [-0.2, 0) is 30.5 Å². The molecule has 0 heterocycles. The van der Waals surface area contributed by atoms with E-state index < -0.39 is 0 Å². The number of ether oxygens (including phenoxy) is 1. The topological polar surface area (TPSA) is 29.5 Å². The number of hydrogen-bond acceptors (Lipinski definition) is 3. The molecule has 0 bridgehead atoms. The Kier molecular flexibility index (Phi) is 5.31. The molecule has 2 aliphatic rings. The molecule has 1 unspecified atom stereocenters. The second kappa shape index (κ2) is 7.85. The summed E-state index contributed by atoms with van der Waals surface area (Å²) in [6.07, 6.45) is 5.92. The zero-order valence-electron chi connectivity index (χ0n) is 16.5. The Morgan fingerprint density at radius 1 is 1.15 bits per heavy atom. The molecule has 4 rings (SSSR count). The van der Waals surface area contributed by atoms with Gasteiger partial charge in [0.05, 0.1) is 7.11 Å². The van der Waals surface area contributed by atoms with Gasteiger partial charge in [-0.25, -0.2) is 0 Å². The smallest absolute Gasteiger partial charge is 0.141 e. The lowest BCUT2D eigenvalue weighted by molar-refractivity contribution is -0.117. The minimum Gasteiger partial charge on any atom is -0.496 e. The van der Waals surface area contributed by atoms with Crippen molar-refractivity contribution < 1.29 is 9.53 Å². The van der Waals surface area contributed by atoms with Crippen LogP contribution in [0.2, 0.25) is 0 Å². The fourth-order valence-corrected chi connectivity index (χ4v) is 4.74. The van der Waals surface area contributed by atoms with Crippen LogP contribution in [0.25, 0.3) is 0 Å². The molecule has 2 aromatic carbocycles. The summed E-state index contributed by atoms with van der Waals surface area (Å²) >= 11 is 0. The molecule has 27 heavy (non-hydrogen) atoms. The van der Waals surface area contributed by atoms with Crippen molar-refractivity contribution in [3.8, 4) is 5.75 Å². The number of methoxy groups -OCH3 is 1. The third kappa shape index (κ3) is 3.93. The van der Waals surface area contributed by atoms with Gasteiger partial charge in [-0.1, -0.05) is 30.3 Å². The Balaban J connectivity index is 1.38. The number of rotatable bonds is 6. The number of ketones is 1. The lowest BCUT2D eigenvalue weighted by Gasteiger charge is -2.30. The van der Waals surface area contributed by atoms with Crippen molar-refractivity contribution in [3.05, 3.63) is 64.2 Å². The zero-order chi connectivity index (χ0) is 18.8. The third-order valence-corrected chi connectivity index (χ3v) is 6.17. The number of carbonyl (C=O) groups excluding carboxylic acids is 1.